The van der Waals surface area contributed by atoms with Gasteiger partial charge in [0.15, 0.2) is 0 Å². The molecule has 3 unspecified atom stereocenters. The first-order chi connectivity index (χ1) is 14.3. The maximum atomic E-state index is 12.7. The number of nitrogens with one attached hydrogen (secondary N) is 2. The van der Waals surface area contributed by atoms with Crippen molar-refractivity contribution < 1.29 is 19.5 Å². The monoisotopic (exact) mass is 430 g/mol. The number of benzene rings is 1. The molecular weight excluding hydrogens is 404 g/mol. The predicted molar refractivity (Wildman–Crippen MR) is 114 cm³/mol. The molecule has 30 heavy (non-hydrogen) atoms. The topological polar surface area (TPSA) is 112 Å². The van der Waals surface area contributed by atoms with E-state index in [1.807, 2.05) is 36.7 Å². The molecule has 1 aromatic heterocycles. The van der Waals surface area contributed by atoms with Gasteiger partial charge in [-0.3, -0.25) is 14.4 Å². The van der Waals surface area contributed by atoms with E-state index in [1.54, 1.807) is 18.3 Å². The van der Waals surface area contributed by atoms with Crippen LogP contribution in [-0.4, -0.2) is 57.4 Å². The zero-order chi connectivity index (χ0) is 21.8. The SMILES string of the molecule is CC(=O)NC(C)C(=O)N1CC(O)CC1C(=O)NCc1ccc(-c2scnc2C)cc1. The van der Waals surface area contributed by atoms with Gasteiger partial charge in [-0.1, -0.05) is 24.3 Å². The number of aliphatic hydroxyl groups excluding tert-OH is 1. The fourth-order valence-electron chi connectivity index (χ4n) is 3.58. The molecule has 1 aromatic carbocycles. The molecule has 0 radical (unpaired) electrons. The first-order valence-electron chi connectivity index (χ1n) is 9.79. The number of likely N-dealkylation sites (tertiary alicyclic amines) is 1. The van der Waals surface area contributed by atoms with Gasteiger partial charge >= 0.3 is 0 Å². The maximum Gasteiger partial charge on any atom is 0.245 e. The Hall–Kier alpha value is -2.78. The van der Waals surface area contributed by atoms with E-state index in [9.17, 15) is 19.5 Å². The highest BCUT2D eigenvalue weighted by Crippen LogP contribution is 2.27. The molecule has 3 N–H and O–H groups in total. The molecule has 2 aromatic rings. The molecule has 3 rings (SSSR count). The van der Waals surface area contributed by atoms with Gasteiger partial charge in [-0.2, -0.15) is 0 Å². The normalized spacial score (nSPS) is 19.4. The van der Waals surface area contributed by atoms with Crippen LogP contribution in [0.3, 0.4) is 0 Å². The predicted octanol–water partition coefficient (Wildman–Crippen LogP) is 1.22. The Morgan fingerprint density at radius 3 is 2.60 bits per heavy atom. The van der Waals surface area contributed by atoms with E-state index in [4.69, 9.17) is 0 Å². The number of carbonyl (C=O) groups excluding carboxylic acids is 3. The summed E-state index contributed by atoms with van der Waals surface area (Å²) in [6.07, 6.45) is -0.593. The van der Waals surface area contributed by atoms with Crippen molar-refractivity contribution in [2.24, 2.45) is 0 Å². The van der Waals surface area contributed by atoms with E-state index >= 15 is 0 Å². The van der Waals surface area contributed by atoms with Crippen LogP contribution in [-0.2, 0) is 20.9 Å². The van der Waals surface area contributed by atoms with Crippen molar-refractivity contribution in [3.63, 3.8) is 0 Å². The molecule has 0 aliphatic carbocycles. The van der Waals surface area contributed by atoms with E-state index in [1.165, 1.54) is 11.8 Å². The lowest BCUT2D eigenvalue weighted by atomic mass is 10.1. The number of nitrogens with zero attached hydrogens (tertiary/aromatic N) is 2. The van der Waals surface area contributed by atoms with Gasteiger partial charge in [0.1, 0.15) is 12.1 Å². The van der Waals surface area contributed by atoms with Crippen LogP contribution in [0.15, 0.2) is 29.8 Å². The van der Waals surface area contributed by atoms with E-state index in [2.05, 4.69) is 15.6 Å². The quantitative estimate of drug-likeness (QED) is 0.638. The van der Waals surface area contributed by atoms with E-state index in [0.717, 1.165) is 21.7 Å². The van der Waals surface area contributed by atoms with Gasteiger partial charge in [0.2, 0.25) is 17.7 Å². The second-order valence-corrected chi connectivity index (χ2v) is 8.35. The number of aryl methyl sites for hydroxylation is 1. The number of aromatic nitrogens is 1. The molecule has 160 valence electrons. The highest BCUT2D eigenvalue weighted by atomic mass is 32.1. The van der Waals surface area contributed by atoms with Crippen LogP contribution in [0.25, 0.3) is 10.4 Å². The number of hydrogen-bond acceptors (Lipinski definition) is 6. The van der Waals surface area contributed by atoms with Crippen molar-refractivity contribution in [1.29, 1.82) is 0 Å². The number of aliphatic hydroxyl groups is 1. The average molecular weight is 431 g/mol. The van der Waals surface area contributed by atoms with Crippen LogP contribution in [0.5, 0.6) is 0 Å². The van der Waals surface area contributed by atoms with Crippen molar-refractivity contribution in [3.05, 3.63) is 41.0 Å². The highest BCUT2D eigenvalue weighted by Gasteiger charge is 2.40. The molecule has 8 nitrogen and oxygen atoms in total. The summed E-state index contributed by atoms with van der Waals surface area (Å²) in [5, 5.41) is 15.4. The Bertz CT molecular complexity index is 927. The fraction of sp³-hybridized carbons (Fsp3) is 0.429. The lowest BCUT2D eigenvalue weighted by Crippen LogP contribution is -2.52. The zero-order valence-electron chi connectivity index (χ0n) is 17.2. The van der Waals surface area contributed by atoms with Crippen LogP contribution < -0.4 is 10.6 Å². The molecule has 0 bridgehead atoms. The number of rotatable bonds is 6. The number of thiazole rings is 1. The third kappa shape index (κ3) is 5.03. The third-order valence-electron chi connectivity index (χ3n) is 5.08. The van der Waals surface area contributed by atoms with Gasteiger partial charge in [0.25, 0.3) is 0 Å². The van der Waals surface area contributed by atoms with Crippen LogP contribution in [0.4, 0.5) is 0 Å². The Balaban J connectivity index is 1.61. The van der Waals surface area contributed by atoms with E-state index in [-0.39, 0.29) is 30.7 Å². The first kappa shape index (κ1) is 21.9. The second kappa shape index (κ2) is 9.36. The zero-order valence-corrected chi connectivity index (χ0v) is 18.0. The average Bonchev–Trinajstić information content (AvgIpc) is 3.31. The first-order valence-corrected chi connectivity index (χ1v) is 10.7. The molecule has 0 spiro atoms. The molecule has 1 aliphatic rings. The highest BCUT2D eigenvalue weighted by molar-refractivity contribution is 7.13. The molecule has 3 atom stereocenters. The van der Waals surface area contributed by atoms with Crippen LogP contribution in [0.1, 0.15) is 31.5 Å². The lowest BCUT2D eigenvalue weighted by molar-refractivity contribution is -0.141. The van der Waals surface area contributed by atoms with Crippen LogP contribution in [0.2, 0.25) is 0 Å². The Morgan fingerprint density at radius 2 is 2.00 bits per heavy atom. The minimum Gasteiger partial charge on any atom is -0.391 e. The summed E-state index contributed by atoms with van der Waals surface area (Å²) in [6, 6.07) is 6.35. The van der Waals surface area contributed by atoms with Crippen LogP contribution >= 0.6 is 11.3 Å². The molecule has 1 fully saturated rings. The third-order valence-corrected chi connectivity index (χ3v) is 6.06. The van der Waals surface area contributed by atoms with Gasteiger partial charge in [-0.05, 0) is 25.0 Å². The molecule has 3 amide bonds. The molecule has 9 heteroatoms. The Kier molecular flexibility index (Phi) is 6.84. The van der Waals surface area contributed by atoms with E-state index in [0.29, 0.717) is 6.54 Å². The fourth-order valence-corrected chi connectivity index (χ4v) is 4.39. The van der Waals surface area contributed by atoms with Gasteiger partial charge in [0, 0.05) is 26.4 Å². The number of carbonyl (C=O) groups is 3. The second-order valence-electron chi connectivity index (χ2n) is 7.50. The smallest absolute Gasteiger partial charge is 0.245 e. The lowest BCUT2D eigenvalue weighted by Gasteiger charge is -2.26. The Labute approximate surface area is 179 Å². The van der Waals surface area contributed by atoms with Gasteiger partial charge in [0.05, 0.1) is 22.2 Å². The van der Waals surface area contributed by atoms with Gasteiger partial charge < -0.3 is 20.6 Å². The van der Waals surface area contributed by atoms with Gasteiger partial charge in [-0.15, -0.1) is 11.3 Å². The number of hydrogen-bond donors (Lipinski definition) is 3. The Morgan fingerprint density at radius 1 is 1.30 bits per heavy atom. The van der Waals surface area contributed by atoms with Crippen molar-refractivity contribution in [3.8, 4) is 10.4 Å². The maximum absolute atomic E-state index is 12.7. The summed E-state index contributed by atoms with van der Waals surface area (Å²) in [5.74, 6) is -1.03. The standard InChI is InChI=1S/C21H26N4O4S/c1-12-19(30-11-23-12)16-6-4-15(5-7-16)9-22-20(28)18-8-17(27)10-25(18)21(29)13(2)24-14(3)26/h4-7,11,13,17-18,27H,8-10H2,1-3H3,(H,22,28)(H,24,26). The summed E-state index contributed by atoms with van der Waals surface area (Å²) < 4.78 is 0. The molecular formula is C21H26N4O4S. The summed E-state index contributed by atoms with van der Waals surface area (Å²) >= 11 is 1.58. The molecule has 2 heterocycles. The minimum absolute atomic E-state index is 0.0732. The summed E-state index contributed by atoms with van der Waals surface area (Å²) in [4.78, 5) is 43.3. The van der Waals surface area contributed by atoms with E-state index < -0.39 is 18.2 Å². The molecule has 1 aliphatic heterocycles. The molecule has 1 saturated heterocycles. The summed E-state index contributed by atoms with van der Waals surface area (Å²) in [6.45, 7) is 5.25. The molecule has 0 saturated carbocycles. The summed E-state index contributed by atoms with van der Waals surface area (Å²) in [5.41, 5.74) is 4.80. The van der Waals surface area contributed by atoms with Crippen molar-refractivity contribution in [2.45, 2.75) is 51.9 Å². The van der Waals surface area contributed by atoms with Crippen molar-refractivity contribution in [2.75, 3.05) is 6.54 Å². The summed E-state index contributed by atoms with van der Waals surface area (Å²) in [7, 11) is 0. The van der Waals surface area contributed by atoms with Crippen LogP contribution in [0, 0.1) is 6.92 Å². The number of β-amino-alcohol motifs (C(OH)–C–C–N with tert-alkyl or cyclic N) is 1. The van der Waals surface area contributed by atoms with Crippen molar-refractivity contribution >= 4 is 29.1 Å². The van der Waals surface area contributed by atoms with Crippen molar-refractivity contribution in [1.82, 2.24) is 20.5 Å². The largest absolute Gasteiger partial charge is 0.391 e. The minimum atomic E-state index is -0.767. The number of amides is 3. The van der Waals surface area contributed by atoms with Gasteiger partial charge in [-0.25, -0.2) is 4.98 Å².